The van der Waals surface area contributed by atoms with Crippen molar-refractivity contribution in [3.05, 3.63) is 34.9 Å². The quantitative estimate of drug-likeness (QED) is 0.641. The Labute approximate surface area is 85.9 Å². The summed E-state index contributed by atoms with van der Waals surface area (Å²) in [5.74, 6) is 1.32. The normalized spacial score (nSPS) is 12.9. The lowest BCUT2D eigenvalue weighted by Gasteiger charge is -2.11. The van der Waals surface area contributed by atoms with Gasteiger partial charge in [0.05, 0.1) is 0 Å². The van der Waals surface area contributed by atoms with Crippen LogP contribution in [0.15, 0.2) is 18.2 Å². The van der Waals surface area contributed by atoms with Crippen molar-refractivity contribution in [3.63, 3.8) is 0 Å². The minimum atomic E-state index is 0.580. The van der Waals surface area contributed by atoms with E-state index in [0.717, 1.165) is 12.3 Å². The minimum Gasteiger partial charge on any atom is -0.127 e. The summed E-state index contributed by atoms with van der Waals surface area (Å²) in [6.07, 6.45) is 1.06. The van der Waals surface area contributed by atoms with E-state index in [0.29, 0.717) is 5.92 Å². The Hall–Kier alpha value is -0.490. The van der Waals surface area contributed by atoms with Gasteiger partial charge in [-0.05, 0) is 31.7 Å². The van der Waals surface area contributed by atoms with Crippen molar-refractivity contribution in [2.45, 2.75) is 33.1 Å². The van der Waals surface area contributed by atoms with E-state index in [-0.39, 0.29) is 0 Å². The van der Waals surface area contributed by atoms with Gasteiger partial charge in [-0.2, -0.15) is 0 Å². The molecule has 1 heteroatoms. The van der Waals surface area contributed by atoms with Gasteiger partial charge in [0.2, 0.25) is 0 Å². The van der Waals surface area contributed by atoms with Crippen LogP contribution >= 0.6 is 11.6 Å². The predicted molar refractivity (Wildman–Crippen MR) is 59.7 cm³/mol. The van der Waals surface area contributed by atoms with E-state index in [9.17, 15) is 0 Å². The van der Waals surface area contributed by atoms with Crippen LogP contribution in [0.4, 0.5) is 0 Å². The Morgan fingerprint density at radius 1 is 1.15 bits per heavy atom. The van der Waals surface area contributed by atoms with Crippen LogP contribution in [-0.4, -0.2) is 5.88 Å². The van der Waals surface area contributed by atoms with Crippen molar-refractivity contribution in [1.29, 1.82) is 0 Å². The van der Waals surface area contributed by atoms with Crippen LogP contribution in [0.2, 0.25) is 0 Å². The van der Waals surface area contributed by atoms with E-state index in [2.05, 4.69) is 39.0 Å². The molecular weight excluding hydrogens is 180 g/mol. The Kier molecular flexibility index (Phi) is 3.80. The molecule has 1 unspecified atom stereocenters. The molecule has 1 aromatic carbocycles. The van der Waals surface area contributed by atoms with Gasteiger partial charge in [0.15, 0.2) is 0 Å². The average Bonchev–Trinajstić information content (AvgIpc) is 2.03. The highest BCUT2D eigenvalue weighted by Crippen LogP contribution is 2.21. The fraction of sp³-hybridized carbons (Fsp3) is 0.500. The third-order valence-corrected chi connectivity index (χ3v) is 2.57. The van der Waals surface area contributed by atoms with Crippen LogP contribution in [0, 0.1) is 13.8 Å². The highest BCUT2D eigenvalue weighted by atomic mass is 35.5. The van der Waals surface area contributed by atoms with Gasteiger partial charge < -0.3 is 0 Å². The summed E-state index contributed by atoms with van der Waals surface area (Å²) in [4.78, 5) is 0. The van der Waals surface area contributed by atoms with Crippen LogP contribution < -0.4 is 0 Å². The standard InChI is InChI=1S/C12H17Cl/c1-9-6-10(2)8-12(7-9)11(3)4-5-13/h6-8,11H,4-5H2,1-3H3. The Bertz CT molecular complexity index is 258. The molecule has 0 spiro atoms. The number of hydrogen-bond acceptors (Lipinski definition) is 0. The monoisotopic (exact) mass is 196 g/mol. The largest absolute Gasteiger partial charge is 0.127 e. The van der Waals surface area contributed by atoms with Gasteiger partial charge in [0, 0.05) is 5.88 Å². The summed E-state index contributed by atoms with van der Waals surface area (Å²) in [6, 6.07) is 6.71. The molecule has 0 fully saturated rings. The van der Waals surface area contributed by atoms with E-state index in [1.165, 1.54) is 16.7 Å². The van der Waals surface area contributed by atoms with Gasteiger partial charge in [-0.1, -0.05) is 36.2 Å². The van der Waals surface area contributed by atoms with Crippen LogP contribution in [0.25, 0.3) is 0 Å². The first-order chi connectivity index (χ1) is 6.13. The molecule has 0 N–H and O–H groups in total. The first-order valence-electron chi connectivity index (χ1n) is 4.77. The van der Waals surface area contributed by atoms with Crippen molar-refractivity contribution in [3.8, 4) is 0 Å². The summed E-state index contributed by atoms with van der Waals surface area (Å²) >= 11 is 5.73. The summed E-state index contributed by atoms with van der Waals surface area (Å²) in [5.41, 5.74) is 4.10. The van der Waals surface area contributed by atoms with Gasteiger partial charge in [-0.25, -0.2) is 0 Å². The molecule has 0 heterocycles. The predicted octanol–water partition coefficient (Wildman–Crippen LogP) is 4.04. The maximum atomic E-state index is 5.73. The molecule has 1 atom stereocenters. The van der Waals surface area contributed by atoms with Gasteiger partial charge in [-0.3, -0.25) is 0 Å². The zero-order valence-corrected chi connectivity index (χ0v) is 9.36. The molecule has 0 bridgehead atoms. The van der Waals surface area contributed by atoms with Gasteiger partial charge in [0.25, 0.3) is 0 Å². The molecule has 0 aliphatic rings. The molecule has 1 rings (SSSR count). The summed E-state index contributed by atoms with van der Waals surface area (Å²) in [7, 11) is 0. The molecule has 0 aliphatic heterocycles. The zero-order valence-electron chi connectivity index (χ0n) is 8.60. The number of hydrogen-bond donors (Lipinski definition) is 0. The molecule has 0 nitrogen and oxygen atoms in total. The third kappa shape index (κ3) is 3.04. The van der Waals surface area contributed by atoms with Crippen molar-refractivity contribution in [2.75, 3.05) is 5.88 Å². The summed E-state index contributed by atoms with van der Waals surface area (Å²) in [5, 5.41) is 0. The second-order valence-electron chi connectivity index (χ2n) is 3.80. The van der Waals surface area contributed by atoms with Crippen LogP contribution in [0.5, 0.6) is 0 Å². The van der Waals surface area contributed by atoms with Crippen molar-refractivity contribution < 1.29 is 0 Å². The lowest BCUT2D eigenvalue weighted by atomic mass is 9.95. The molecule has 0 amide bonds. The van der Waals surface area contributed by atoms with E-state index >= 15 is 0 Å². The molecule has 0 aromatic heterocycles. The lowest BCUT2D eigenvalue weighted by Crippen LogP contribution is -1.95. The number of halogens is 1. The molecule has 0 saturated carbocycles. The number of alkyl halides is 1. The van der Waals surface area contributed by atoms with Crippen LogP contribution in [0.3, 0.4) is 0 Å². The number of benzene rings is 1. The molecule has 1 aromatic rings. The highest BCUT2D eigenvalue weighted by molar-refractivity contribution is 6.17. The molecule has 0 radical (unpaired) electrons. The zero-order chi connectivity index (χ0) is 9.84. The molecular formula is C12H17Cl. The van der Waals surface area contributed by atoms with E-state index in [4.69, 9.17) is 11.6 Å². The van der Waals surface area contributed by atoms with E-state index in [1.54, 1.807) is 0 Å². The van der Waals surface area contributed by atoms with Crippen molar-refractivity contribution >= 4 is 11.6 Å². The number of rotatable bonds is 3. The van der Waals surface area contributed by atoms with Gasteiger partial charge in [0.1, 0.15) is 0 Å². The van der Waals surface area contributed by atoms with Crippen LogP contribution in [-0.2, 0) is 0 Å². The topological polar surface area (TPSA) is 0 Å². The molecule has 13 heavy (non-hydrogen) atoms. The van der Waals surface area contributed by atoms with Gasteiger partial charge >= 0.3 is 0 Å². The second kappa shape index (κ2) is 4.66. The summed E-state index contributed by atoms with van der Waals surface area (Å²) < 4.78 is 0. The maximum absolute atomic E-state index is 5.73. The van der Waals surface area contributed by atoms with Crippen LogP contribution in [0.1, 0.15) is 36.0 Å². The second-order valence-corrected chi connectivity index (χ2v) is 4.18. The molecule has 0 saturated heterocycles. The summed E-state index contributed by atoms with van der Waals surface area (Å²) in [6.45, 7) is 6.52. The Balaban J connectivity index is 2.87. The van der Waals surface area contributed by atoms with Crippen molar-refractivity contribution in [1.82, 2.24) is 0 Å². The Morgan fingerprint density at radius 3 is 2.15 bits per heavy atom. The van der Waals surface area contributed by atoms with Crippen molar-refractivity contribution in [2.24, 2.45) is 0 Å². The smallest absolute Gasteiger partial charge is 0.0229 e. The minimum absolute atomic E-state index is 0.580. The molecule has 72 valence electrons. The lowest BCUT2D eigenvalue weighted by molar-refractivity contribution is 0.736. The SMILES string of the molecule is Cc1cc(C)cc(C(C)CCCl)c1. The highest BCUT2D eigenvalue weighted by Gasteiger charge is 2.05. The fourth-order valence-corrected chi connectivity index (χ4v) is 1.95. The Morgan fingerprint density at radius 2 is 1.69 bits per heavy atom. The van der Waals surface area contributed by atoms with Gasteiger partial charge in [-0.15, -0.1) is 11.6 Å². The first kappa shape index (κ1) is 10.6. The maximum Gasteiger partial charge on any atom is 0.0229 e. The van der Waals surface area contributed by atoms with E-state index in [1.807, 2.05) is 0 Å². The third-order valence-electron chi connectivity index (χ3n) is 2.36. The average molecular weight is 197 g/mol. The molecule has 0 aliphatic carbocycles. The first-order valence-corrected chi connectivity index (χ1v) is 5.31. The van der Waals surface area contributed by atoms with E-state index < -0.39 is 0 Å². The number of aryl methyl sites for hydroxylation is 2. The fourth-order valence-electron chi connectivity index (χ4n) is 1.62.